The van der Waals surface area contributed by atoms with E-state index in [9.17, 15) is 9.59 Å². The van der Waals surface area contributed by atoms with E-state index in [0.29, 0.717) is 22.8 Å². The first kappa shape index (κ1) is 20.2. The van der Waals surface area contributed by atoms with E-state index in [1.807, 2.05) is 63.2 Å². The maximum absolute atomic E-state index is 13.0. The summed E-state index contributed by atoms with van der Waals surface area (Å²) in [6, 6.07) is 13.3. The smallest absolute Gasteiger partial charge is 0.297 e. The summed E-state index contributed by atoms with van der Waals surface area (Å²) in [4.78, 5) is 30.3. The Morgan fingerprint density at radius 3 is 2.77 bits per heavy atom. The Morgan fingerprint density at radius 2 is 1.97 bits per heavy atom. The predicted octanol–water partition coefficient (Wildman–Crippen LogP) is 4.90. The fourth-order valence-electron chi connectivity index (χ4n) is 3.39. The molecule has 0 radical (unpaired) electrons. The molecule has 2 aromatic carbocycles. The van der Waals surface area contributed by atoms with Crippen LogP contribution in [0.5, 0.6) is 0 Å². The standard InChI is InChI=1S/C23H23N3O3S/c1-4-12-26-22(28)21-20(16-9-5-6-11-18(16)29-21)25-23(26)30-13-19(27)24-17-10-7-8-14(2)15(17)3/h5-11H,4,12-13H2,1-3H3,(H,24,27). The van der Waals surface area contributed by atoms with E-state index in [1.165, 1.54) is 11.8 Å². The third kappa shape index (κ3) is 3.73. The molecule has 2 aromatic heterocycles. The van der Waals surface area contributed by atoms with Crippen LogP contribution >= 0.6 is 11.8 Å². The van der Waals surface area contributed by atoms with Crippen LogP contribution in [-0.4, -0.2) is 21.2 Å². The first-order valence-electron chi connectivity index (χ1n) is 9.90. The van der Waals surface area contributed by atoms with Crippen molar-refractivity contribution in [3.05, 3.63) is 63.9 Å². The van der Waals surface area contributed by atoms with Crippen molar-refractivity contribution in [3.63, 3.8) is 0 Å². The van der Waals surface area contributed by atoms with Crippen LogP contribution in [0.15, 0.2) is 56.8 Å². The van der Waals surface area contributed by atoms with Crippen molar-refractivity contribution in [2.75, 3.05) is 11.1 Å². The van der Waals surface area contributed by atoms with E-state index < -0.39 is 0 Å². The Labute approximate surface area is 178 Å². The summed E-state index contributed by atoms with van der Waals surface area (Å²) >= 11 is 1.26. The Hall–Kier alpha value is -3.06. The van der Waals surface area contributed by atoms with Gasteiger partial charge in [-0.25, -0.2) is 4.98 Å². The SMILES string of the molecule is CCCn1c(SCC(=O)Nc2cccc(C)c2C)nc2c(oc3ccccc32)c1=O. The Balaban J connectivity index is 1.65. The molecule has 0 saturated heterocycles. The van der Waals surface area contributed by atoms with Crippen molar-refractivity contribution in [1.29, 1.82) is 0 Å². The van der Waals surface area contributed by atoms with Crippen molar-refractivity contribution < 1.29 is 9.21 Å². The summed E-state index contributed by atoms with van der Waals surface area (Å²) in [5, 5.41) is 4.28. The first-order valence-corrected chi connectivity index (χ1v) is 10.9. The van der Waals surface area contributed by atoms with Crippen LogP contribution in [0.1, 0.15) is 24.5 Å². The van der Waals surface area contributed by atoms with Gasteiger partial charge < -0.3 is 9.73 Å². The number of aryl methyl sites for hydroxylation is 1. The summed E-state index contributed by atoms with van der Waals surface area (Å²) in [5.41, 5.74) is 4.19. The van der Waals surface area contributed by atoms with Crippen molar-refractivity contribution >= 4 is 45.4 Å². The zero-order valence-electron chi connectivity index (χ0n) is 17.2. The number of hydrogen-bond acceptors (Lipinski definition) is 5. The molecule has 0 bridgehead atoms. The number of hydrogen-bond donors (Lipinski definition) is 1. The summed E-state index contributed by atoms with van der Waals surface area (Å²) < 4.78 is 7.37. The number of para-hydroxylation sites is 1. The minimum absolute atomic E-state index is 0.136. The minimum Gasteiger partial charge on any atom is -0.448 e. The highest BCUT2D eigenvalue weighted by molar-refractivity contribution is 7.99. The number of amides is 1. The lowest BCUT2D eigenvalue weighted by atomic mass is 10.1. The van der Waals surface area contributed by atoms with Gasteiger partial charge in [-0.2, -0.15) is 0 Å². The average molecular weight is 422 g/mol. The van der Waals surface area contributed by atoms with Crippen LogP contribution in [0.3, 0.4) is 0 Å². The van der Waals surface area contributed by atoms with Crippen molar-refractivity contribution in [1.82, 2.24) is 9.55 Å². The van der Waals surface area contributed by atoms with E-state index in [1.54, 1.807) is 4.57 Å². The van der Waals surface area contributed by atoms with Crippen molar-refractivity contribution in [2.24, 2.45) is 0 Å². The van der Waals surface area contributed by atoms with Crippen LogP contribution in [0.4, 0.5) is 5.69 Å². The van der Waals surface area contributed by atoms with E-state index in [2.05, 4.69) is 5.32 Å². The van der Waals surface area contributed by atoms with Gasteiger partial charge in [0.1, 0.15) is 11.1 Å². The molecular formula is C23H23N3O3S. The van der Waals surface area contributed by atoms with Gasteiger partial charge in [0.25, 0.3) is 5.56 Å². The number of nitrogens with zero attached hydrogens (tertiary/aromatic N) is 2. The highest BCUT2D eigenvalue weighted by Gasteiger charge is 2.18. The lowest BCUT2D eigenvalue weighted by Crippen LogP contribution is -2.24. The number of rotatable bonds is 6. The number of furan rings is 1. The predicted molar refractivity (Wildman–Crippen MR) is 121 cm³/mol. The van der Waals surface area contributed by atoms with E-state index >= 15 is 0 Å². The largest absolute Gasteiger partial charge is 0.448 e. The fourth-order valence-corrected chi connectivity index (χ4v) is 4.21. The quantitative estimate of drug-likeness (QED) is 0.354. The molecule has 154 valence electrons. The molecule has 0 spiro atoms. The van der Waals surface area contributed by atoms with Crippen LogP contribution < -0.4 is 10.9 Å². The number of carbonyl (C=O) groups is 1. The lowest BCUT2D eigenvalue weighted by Gasteiger charge is -2.12. The molecule has 0 saturated carbocycles. The maximum atomic E-state index is 13.0. The zero-order valence-corrected chi connectivity index (χ0v) is 18.0. The highest BCUT2D eigenvalue weighted by Crippen LogP contribution is 2.27. The molecule has 1 amide bonds. The molecular weight excluding hydrogens is 398 g/mol. The van der Waals surface area contributed by atoms with E-state index in [4.69, 9.17) is 9.40 Å². The van der Waals surface area contributed by atoms with Gasteiger partial charge in [0.05, 0.1) is 5.75 Å². The zero-order chi connectivity index (χ0) is 21.3. The molecule has 0 aliphatic rings. The molecule has 0 aliphatic carbocycles. The molecule has 7 heteroatoms. The molecule has 0 unspecified atom stereocenters. The summed E-state index contributed by atoms with van der Waals surface area (Å²) in [7, 11) is 0. The molecule has 2 heterocycles. The van der Waals surface area contributed by atoms with Gasteiger partial charge in [-0.3, -0.25) is 14.2 Å². The first-order chi connectivity index (χ1) is 14.5. The number of fused-ring (bicyclic) bond motifs is 3. The van der Waals surface area contributed by atoms with E-state index in [-0.39, 0.29) is 22.8 Å². The van der Waals surface area contributed by atoms with Gasteiger partial charge in [0, 0.05) is 17.6 Å². The van der Waals surface area contributed by atoms with Crippen molar-refractivity contribution in [2.45, 2.75) is 38.9 Å². The van der Waals surface area contributed by atoms with Gasteiger partial charge in [-0.05, 0) is 49.6 Å². The Bertz CT molecular complexity index is 1310. The maximum Gasteiger partial charge on any atom is 0.297 e. The molecule has 0 fully saturated rings. The number of carbonyl (C=O) groups excluding carboxylic acids is 1. The monoisotopic (exact) mass is 421 g/mol. The number of anilines is 1. The average Bonchev–Trinajstić information content (AvgIpc) is 3.11. The molecule has 0 aliphatic heterocycles. The van der Waals surface area contributed by atoms with Gasteiger partial charge in [-0.15, -0.1) is 0 Å². The molecule has 4 rings (SSSR count). The second-order valence-corrected chi connectivity index (χ2v) is 8.15. The Morgan fingerprint density at radius 1 is 1.17 bits per heavy atom. The molecule has 4 aromatic rings. The summed E-state index contributed by atoms with van der Waals surface area (Å²) in [5.74, 6) is 0.0216. The lowest BCUT2D eigenvalue weighted by molar-refractivity contribution is -0.113. The molecule has 0 atom stereocenters. The van der Waals surface area contributed by atoms with E-state index in [0.717, 1.165) is 28.6 Å². The number of thioether (sulfide) groups is 1. The summed E-state index contributed by atoms with van der Waals surface area (Å²) in [6.07, 6.45) is 0.773. The van der Waals surface area contributed by atoms with Gasteiger partial charge in [-0.1, -0.05) is 43.0 Å². The van der Waals surface area contributed by atoms with Crippen LogP contribution in [0.25, 0.3) is 22.1 Å². The van der Waals surface area contributed by atoms with Crippen LogP contribution in [0.2, 0.25) is 0 Å². The van der Waals surface area contributed by atoms with Crippen LogP contribution in [-0.2, 0) is 11.3 Å². The molecule has 6 nitrogen and oxygen atoms in total. The third-order valence-corrected chi connectivity index (χ3v) is 6.08. The normalized spacial score (nSPS) is 11.3. The van der Waals surface area contributed by atoms with Gasteiger partial charge in [0.15, 0.2) is 5.16 Å². The fraction of sp³-hybridized carbons (Fsp3) is 0.261. The Kier molecular flexibility index (Phi) is 5.63. The minimum atomic E-state index is -0.213. The van der Waals surface area contributed by atoms with Gasteiger partial charge in [0.2, 0.25) is 11.5 Å². The number of benzene rings is 2. The number of nitrogens with one attached hydrogen (secondary N) is 1. The van der Waals surface area contributed by atoms with Crippen LogP contribution in [0, 0.1) is 13.8 Å². The summed E-state index contributed by atoms with van der Waals surface area (Å²) in [6.45, 7) is 6.50. The number of aromatic nitrogens is 2. The second-order valence-electron chi connectivity index (χ2n) is 7.21. The molecule has 1 N–H and O–H groups in total. The van der Waals surface area contributed by atoms with Crippen molar-refractivity contribution in [3.8, 4) is 0 Å². The topological polar surface area (TPSA) is 77.1 Å². The second kappa shape index (κ2) is 8.36. The third-order valence-electron chi connectivity index (χ3n) is 5.11. The van der Waals surface area contributed by atoms with Gasteiger partial charge >= 0.3 is 0 Å². The highest BCUT2D eigenvalue weighted by atomic mass is 32.2. The molecule has 30 heavy (non-hydrogen) atoms.